The highest BCUT2D eigenvalue weighted by Gasteiger charge is 2.10. The normalized spacial score (nSPS) is 10.4. The van der Waals surface area contributed by atoms with E-state index in [-0.39, 0.29) is 5.91 Å². The maximum absolute atomic E-state index is 12.2. The fourth-order valence-corrected chi connectivity index (χ4v) is 2.01. The van der Waals surface area contributed by atoms with Crippen LogP contribution in [0.15, 0.2) is 53.3 Å². The molecule has 0 fully saturated rings. The van der Waals surface area contributed by atoms with Crippen molar-refractivity contribution in [2.24, 2.45) is 0 Å². The summed E-state index contributed by atoms with van der Waals surface area (Å²) in [5, 5.41) is 2.75. The van der Waals surface area contributed by atoms with Gasteiger partial charge in [-0.05, 0) is 42.5 Å². The molecule has 0 saturated carbocycles. The molecule has 6 nitrogen and oxygen atoms in total. The minimum absolute atomic E-state index is 0.268. The topological polar surface area (TPSA) is 81.4 Å². The first kappa shape index (κ1) is 13.8. The van der Waals surface area contributed by atoms with Gasteiger partial charge in [-0.3, -0.25) is 4.79 Å². The number of rotatable bonds is 3. The quantitative estimate of drug-likeness (QED) is 0.751. The highest BCUT2D eigenvalue weighted by molar-refractivity contribution is 6.06. The second-order valence-corrected chi connectivity index (χ2v) is 4.56. The number of esters is 1. The summed E-state index contributed by atoms with van der Waals surface area (Å²) in [5.41, 5.74) is 2.72. The Morgan fingerprint density at radius 1 is 1.09 bits per heavy atom. The highest BCUT2D eigenvalue weighted by Crippen LogP contribution is 2.16. The van der Waals surface area contributed by atoms with Crippen molar-refractivity contribution in [3.63, 3.8) is 0 Å². The van der Waals surface area contributed by atoms with E-state index in [4.69, 9.17) is 4.42 Å². The maximum Gasteiger partial charge on any atom is 0.337 e. The Balaban J connectivity index is 1.77. The molecular formula is C16H12N2O4. The summed E-state index contributed by atoms with van der Waals surface area (Å²) in [6, 6.07) is 11.4. The van der Waals surface area contributed by atoms with Gasteiger partial charge < -0.3 is 14.5 Å². The largest absolute Gasteiger partial charge is 0.465 e. The Labute approximate surface area is 125 Å². The molecule has 3 aromatic rings. The fraction of sp³-hybridized carbons (Fsp3) is 0.0625. The molecule has 0 unspecified atom stereocenters. The molecule has 22 heavy (non-hydrogen) atoms. The van der Waals surface area contributed by atoms with E-state index in [0.717, 1.165) is 0 Å². The van der Waals surface area contributed by atoms with Gasteiger partial charge in [-0.15, -0.1) is 0 Å². The average Bonchev–Trinajstić information content (AvgIpc) is 3.02. The first-order chi connectivity index (χ1) is 10.7. The van der Waals surface area contributed by atoms with Crippen LogP contribution in [0.5, 0.6) is 0 Å². The number of methoxy groups -OCH3 is 1. The number of ether oxygens (including phenoxy) is 1. The van der Waals surface area contributed by atoms with Crippen LogP contribution in [0, 0.1) is 0 Å². The summed E-state index contributed by atoms with van der Waals surface area (Å²) < 4.78 is 9.75. The molecule has 0 spiro atoms. The van der Waals surface area contributed by atoms with E-state index in [1.807, 2.05) is 0 Å². The summed E-state index contributed by atoms with van der Waals surface area (Å²) in [6.45, 7) is 0. The standard InChI is InChI=1S/C16H12N2O4/c1-21-16(20)10-2-5-12(6-3-10)18-15(19)11-4-7-14-13(8-11)17-9-22-14/h2-9H,1H3,(H,18,19). The third kappa shape index (κ3) is 2.67. The van der Waals surface area contributed by atoms with E-state index < -0.39 is 5.97 Å². The number of anilines is 1. The molecule has 0 aliphatic rings. The Morgan fingerprint density at radius 2 is 1.82 bits per heavy atom. The number of aromatic nitrogens is 1. The number of carbonyl (C=O) groups excluding carboxylic acids is 2. The predicted octanol–water partition coefficient (Wildman–Crippen LogP) is 2.87. The first-order valence-electron chi connectivity index (χ1n) is 6.50. The molecule has 1 N–H and O–H groups in total. The van der Waals surface area contributed by atoms with E-state index in [2.05, 4.69) is 15.0 Å². The molecule has 0 aliphatic carbocycles. The minimum atomic E-state index is -0.422. The SMILES string of the molecule is COC(=O)c1ccc(NC(=O)c2ccc3ocnc3c2)cc1. The number of amides is 1. The lowest BCUT2D eigenvalue weighted by Crippen LogP contribution is -2.12. The van der Waals surface area contributed by atoms with Crippen molar-refractivity contribution in [2.45, 2.75) is 0 Å². The number of oxazole rings is 1. The van der Waals surface area contributed by atoms with Crippen molar-refractivity contribution < 1.29 is 18.7 Å². The third-order valence-electron chi connectivity index (χ3n) is 3.16. The van der Waals surface area contributed by atoms with Crippen LogP contribution >= 0.6 is 0 Å². The van der Waals surface area contributed by atoms with Gasteiger partial charge in [0.2, 0.25) is 0 Å². The number of hydrogen-bond donors (Lipinski definition) is 1. The highest BCUT2D eigenvalue weighted by atomic mass is 16.5. The maximum atomic E-state index is 12.2. The lowest BCUT2D eigenvalue weighted by atomic mass is 10.1. The number of hydrogen-bond acceptors (Lipinski definition) is 5. The zero-order valence-corrected chi connectivity index (χ0v) is 11.7. The molecule has 0 atom stereocenters. The van der Waals surface area contributed by atoms with Crippen molar-refractivity contribution in [1.82, 2.24) is 4.98 Å². The van der Waals surface area contributed by atoms with Crippen LogP contribution < -0.4 is 5.32 Å². The second-order valence-electron chi connectivity index (χ2n) is 4.56. The van der Waals surface area contributed by atoms with Crippen molar-refractivity contribution in [2.75, 3.05) is 12.4 Å². The van der Waals surface area contributed by atoms with Gasteiger partial charge in [-0.1, -0.05) is 0 Å². The number of nitrogens with zero attached hydrogens (tertiary/aromatic N) is 1. The van der Waals surface area contributed by atoms with E-state index in [0.29, 0.717) is 27.9 Å². The second kappa shape index (κ2) is 5.69. The van der Waals surface area contributed by atoms with Gasteiger partial charge in [-0.2, -0.15) is 0 Å². The predicted molar refractivity (Wildman–Crippen MR) is 79.7 cm³/mol. The molecule has 0 bridgehead atoms. The van der Waals surface area contributed by atoms with E-state index >= 15 is 0 Å². The molecule has 2 aromatic carbocycles. The van der Waals surface area contributed by atoms with Gasteiger partial charge in [0.05, 0.1) is 12.7 Å². The third-order valence-corrected chi connectivity index (χ3v) is 3.16. The van der Waals surface area contributed by atoms with Crippen LogP contribution in [-0.2, 0) is 4.74 Å². The molecule has 0 saturated heterocycles. The molecule has 3 rings (SSSR count). The van der Waals surface area contributed by atoms with Crippen LogP contribution in [0.2, 0.25) is 0 Å². The molecule has 0 aliphatic heterocycles. The number of benzene rings is 2. The van der Waals surface area contributed by atoms with E-state index in [1.54, 1.807) is 42.5 Å². The van der Waals surface area contributed by atoms with Gasteiger partial charge in [0, 0.05) is 11.3 Å². The molecular weight excluding hydrogens is 284 g/mol. The Kier molecular flexibility index (Phi) is 3.57. The Hall–Kier alpha value is -3.15. The van der Waals surface area contributed by atoms with Gasteiger partial charge >= 0.3 is 5.97 Å². The summed E-state index contributed by atoms with van der Waals surface area (Å²) >= 11 is 0. The Bertz CT molecular complexity index is 837. The number of nitrogens with one attached hydrogen (secondary N) is 1. The van der Waals surface area contributed by atoms with Gasteiger partial charge in [0.1, 0.15) is 5.52 Å². The monoisotopic (exact) mass is 296 g/mol. The van der Waals surface area contributed by atoms with Crippen molar-refractivity contribution in [3.05, 3.63) is 60.0 Å². The van der Waals surface area contributed by atoms with Crippen molar-refractivity contribution in [1.29, 1.82) is 0 Å². The molecule has 0 radical (unpaired) electrons. The molecule has 6 heteroatoms. The van der Waals surface area contributed by atoms with Crippen molar-refractivity contribution in [3.8, 4) is 0 Å². The molecule has 1 amide bonds. The smallest absolute Gasteiger partial charge is 0.337 e. The van der Waals surface area contributed by atoms with Gasteiger partial charge in [-0.25, -0.2) is 9.78 Å². The van der Waals surface area contributed by atoms with Crippen LogP contribution in [0.25, 0.3) is 11.1 Å². The summed E-state index contributed by atoms with van der Waals surface area (Å²) in [5.74, 6) is -0.690. The van der Waals surface area contributed by atoms with Gasteiger partial charge in [0.25, 0.3) is 5.91 Å². The average molecular weight is 296 g/mol. The zero-order chi connectivity index (χ0) is 15.5. The lowest BCUT2D eigenvalue weighted by Gasteiger charge is -2.06. The van der Waals surface area contributed by atoms with Crippen LogP contribution in [0.3, 0.4) is 0 Å². The zero-order valence-electron chi connectivity index (χ0n) is 11.7. The van der Waals surface area contributed by atoms with Crippen molar-refractivity contribution >= 4 is 28.7 Å². The van der Waals surface area contributed by atoms with Crippen LogP contribution in [0.4, 0.5) is 5.69 Å². The lowest BCUT2D eigenvalue weighted by molar-refractivity contribution is 0.0600. The summed E-state index contributed by atoms with van der Waals surface area (Å²) in [6.07, 6.45) is 1.33. The first-order valence-corrected chi connectivity index (χ1v) is 6.50. The summed E-state index contributed by atoms with van der Waals surface area (Å²) in [4.78, 5) is 27.5. The molecule has 110 valence electrons. The Morgan fingerprint density at radius 3 is 2.55 bits per heavy atom. The van der Waals surface area contributed by atoms with Crippen LogP contribution in [-0.4, -0.2) is 24.0 Å². The fourth-order valence-electron chi connectivity index (χ4n) is 2.01. The minimum Gasteiger partial charge on any atom is -0.465 e. The molecule has 1 aromatic heterocycles. The van der Waals surface area contributed by atoms with Crippen LogP contribution in [0.1, 0.15) is 20.7 Å². The summed E-state index contributed by atoms with van der Waals surface area (Å²) in [7, 11) is 1.32. The number of carbonyl (C=O) groups is 2. The molecule has 1 heterocycles. The van der Waals surface area contributed by atoms with E-state index in [1.165, 1.54) is 13.5 Å². The number of fused-ring (bicyclic) bond motifs is 1. The van der Waals surface area contributed by atoms with E-state index in [9.17, 15) is 9.59 Å². The van der Waals surface area contributed by atoms with Gasteiger partial charge in [0.15, 0.2) is 12.0 Å².